The van der Waals surface area contributed by atoms with Crippen LogP contribution < -0.4 is 5.32 Å². The molecule has 3 atom stereocenters. The van der Waals surface area contributed by atoms with Gasteiger partial charge in [0.15, 0.2) is 0 Å². The third-order valence-electron chi connectivity index (χ3n) is 12.4. The third kappa shape index (κ3) is 46.1. The van der Waals surface area contributed by atoms with Crippen LogP contribution in [-0.4, -0.2) is 46.9 Å². The van der Waals surface area contributed by atoms with E-state index in [1.807, 2.05) is 0 Å². The minimum absolute atomic E-state index is 0.0568. The Kier molecular flexibility index (Phi) is 49.6. The van der Waals surface area contributed by atoms with E-state index in [0.29, 0.717) is 19.3 Å². The van der Waals surface area contributed by atoms with Gasteiger partial charge in [-0.2, -0.15) is 0 Å². The van der Waals surface area contributed by atoms with Crippen molar-refractivity contribution in [3.8, 4) is 0 Å². The second-order valence-electron chi connectivity index (χ2n) is 18.7. The quantitative estimate of drug-likeness (QED) is 0.0245. The Morgan fingerprint density at radius 3 is 1.30 bits per heavy atom. The van der Waals surface area contributed by atoms with Crippen LogP contribution in [0.25, 0.3) is 0 Å². The average molecular weight is 896 g/mol. The highest BCUT2D eigenvalue weighted by Crippen LogP contribution is 2.17. The predicted octanol–water partition coefficient (Wildman–Crippen LogP) is 16.8. The largest absolute Gasteiger partial charge is 0.462 e. The number of ether oxygens (including phenoxy) is 1. The monoisotopic (exact) mass is 896 g/mol. The molecule has 0 aromatic heterocycles. The summed E-state index contributed by atoms with van der Waals surface area (Å²) in [4.78, 5) is 26.2. The fraction of sp³-hybridized carbons (Fsp3) is 0.793. The van der Waals surface area contributed by atoms with Crippen molar-refractivity contribution in [2.24, 2.45) is 0 Å². The van der Waals surface area contributed by atoms with Crippen LogP contribution in [0.15, 0.2) is 60.8 Å². The molecule has 0 fully saturated rings. The number of carbonyl (C=O) groups is 2. The molecule has 0 spiro atoms. The fourth-order valence-corrected chi connectivity index (χ4v) is 8.20. The molecule has 0 radical (unpaired) electrons. The van der Waals surface area contributed by atoms with E-state index in [9.17, 15) is 19.8 Å². The smallest absolute Gasteiger partial charge is 0.306 e. The summed E-state index contributed by atoms with van der Waals surface area (Å²) in [5.74, 6) is -0.510. The maximum absolute atomic E-state index is 13.2. The Bertz CT molecular complexity index is 1140. The van der Waals surface area contributed by atoms with Gasteiger partial charge in [0.1, 0.15) is 6.10 Å². The zero-order chi connectivity index (χ0) is 46.7. The summed E-state index contributed by atoms with van der Waals surface area (Å²) < 4.78 is 5.94. The van der Waals surface area contributed by atoms with Crippen molar-refractivity contribution in [1.82, 2.24) is 5.32 Å². The molecule has 6 heteroatoms. The lowest BCUT2D eigenvalue weighted by atomic mass is 10.0. The van der Waals surface area contributed by atoms with E-state index >= 15 is 0 Å². The van der Waals surface area contributed by atoms with Crippen LogP contribution in [0.2, 0.25) is 0 Å². The van der Waals surface area contributed by atoms with Crippen LogP contribution in [0.1, 0.15) is 271 Å². The molecule has 1 amide bonds. The van der Waals surface area contributed by atoms with Gasteiger partial charge in [-0.1, -0.05) is 242 Å². The van der Waals surface area contributed by atoms with Crippen LogP contribution in [-0.2, 0) is 14.3 Å². The lowest BCUT2D eigenvalue weighted by molar-refractivity contribution is -0.151. The summed E-state index contributed by atoms with van der Waals surface area (Å²) in [6, 6.07) is -0.712. The molecule has 0 heterocycles. The van der Waals surface area contributed by atoms with E-state index in [1.54, 1.807) is 0 Å². The molecule has 0 aliphatic carbocycles. The maximum Gasteiger partial charge on any atom is 0.306 e. The van der Waals surface area contributed by atoms with Gasteiger partial charge in [0.05, 0.1) is 25.2 Å². The normalized spacial score (nSPS) is 13.6. The number of allylic oxidation sites excluding steroid dienone is 10. The first-order valence-corrected chi connectivity index (χ1v) is 27.6. The number of nitrogens with one attached hydrogen (secondary N) is 1. The second-order valence-corrected chi connectivity index (χ2v) is 18.7. The van der Waals surface area contributed by atoms with E-state index in [-0.39, 0.29) is 24.9 Å². The molecule has 3 N–H and O–H groups in total. The van der Waals surface area contributed by atoms with Crippen molar-refractivity contribution in [2.45, 2.75) is 289 Å². The second kappa shape index (κ2) is 51.5. The van der Waals surface area contributed by atoms with Gasteiger partial charge in [0.25, 0.3) is 0 Å². The van der Waals surface area contributed by atoms with Crippen LogP contribution in [0, 0.1) is 0 Å². The molecule has 0 rings (SSSR count). The van der Waals surface area contributed by atoms with Gasteiger partial charge in [0, 0.05) is 6.42 Å². The van der Waals surface area contributed by atoms with E-state index in [4.69, 9.17) is 4.74 Å². The number of hydrogen-bond donors (Lipinski definition) is 3. The molecule has 6 nitrogen and oxygen atoms in total. The highest BCUT2D eigenvalue weighted by molar-refractivity contribution is 5.77. The highest BCUT2D eigenvalue weighted by atomic mass is 16.5. The maximum atomic E-state index is 13.2. The van der Waals surface area contributed by atoms with Crippen LogP contribution >= 0.6 is 0 Å². The Morgan fingerprint density at radius 2 is 0.812 bits per heavy atom. The Balaban J connectivity index is 4.65. The SMILES string of the molecule is CCCCC/C=C/C=C/C=C/C=C/CCCCCCCC(=O)OC(CCCCC/C=C/CCCCCCCCCCC)CC(=O)NC(CO)C(O)CCCCCCCCCCCCC. The first-order valence-electron chi connectivity index (χ1n) is 27.6. The molecule has 0 aliphatic rings. The minimum atomic E-state index is -0.797. The molecule has 0 saturated heterocycles. The summed E-state index contributed by atoms with van der Waals surface area (Å²) in [5, 5.41) is 23.8. The van der Waals surface area contributed by atoms with Crippen LogP contribution in [0.5, 0.6) is 0 Å². The number of esters is 1. The number of rotatable bonds is 49. The standard InChI is InChI=1S/C58H105NO5/c1-4-7-10-13-16-19-22-24-26-28-29-31-33-36-39-42-45-48-51-58(63)64-54(49-46-43-40-37-35-32-30-27-25-23-20-17-14-11-8-5-2)52-57(62)59-55(53-60)56(61)50-47-44-41-38-34-21-18-15-12-9-6-3/h16,19,22,24,26,28-29,31-32,35,54-56,60-61H,4-15,17-18,20-21,23,25,27,30,33-34,36-53H2,1-3H3,(H,59,62)/b19-16+,24-22+,28-26+,31-29+,35-32+. The van der Waals surface area contributed by atoms with Crippen molar-refractivity contribution in [3.63, 3.8) is 0 Å². The molecule has 64 heavy (non-hydrogen) atoms. The first-order chi connectivity index (χ1) is 31.5. The third-order valence-corrected chi connectivity index (χ3v) is 12.4. The Morgan fingerprint density at radius 1 is 0.453 bits per heavy atom. The van der Waals surface area contributed by atoms with E-state index in [2.05, 4.69) is 86.8 Å². The molecular formula is C58H105NO5. The number of hydrogen-bond acceptors (Lipinski definition) is 5. The summed E-state index contributed by atoms with van der Waals surface area (Å²) >= 11 is 0. The van der Waals surface area contributed by atoms with Crippen LogP contribution in [0.4, 0.5) is 0 Å². The van der Waals surface area contributed by atoms with Gasteiger partial charge in [-0.15, -0.1) is 0 Å². The number of amides is 1. The fourth-order valence-electron chi connectivity index (χ4n) is 8.20. The van der Waals surface area contributed by atoms with Crippen molar-refractivity contribution in [1.29, 1.82) is 0 Å². The highest BCUT2D eigenvalue weighted by Gasteiger charge is 2.24. The predicted molar refractivity (Wildman–Crippen MR) is 278 cm³/mol. The molecule has 0 saturated carbocycles. The van der Waals surface area contributed by atoms with Gasteiger partial charge >= 0.3 is 5.97 Å². The van der Waals surface area contributed by atoms with Gasteiger partial charge in [-0.3, -0.25) is 9.59 Å². The minimum Gasteiger partial charge on any atom is -0.462 e. The van der Waals surface area contributed by atoms with Crippen molar-refractivity contribution < 1.29 is 24.5 Å². The summed E-state index contributed by atoms with van der Waals surface area (Å²) in [7, 11) is 0. The zero-order valence-electron chi connectivity index (χ0n) is 42.4. The number of carbonyl (C=O) groups excluding carboxylic acids is 2. The molecule has 0 aromatic carbocycles. The van der Waals surface area contributed by atoms with Gasteiger partial charge in [-0.05, 0) is 77.0 Å². The number of unbranched alkanes of at least 4 members (excludes halogenated alkanes) is 30. The topological polar surface area (TPSA) is 95.9 Å². The molecule has 0 bridgehead atoms. The molecule has 372 valence electrons. The van der Waals surface area contributed by atoms with Crippen molar-refractivity contribution >= 4 is 11.9 Å². The van der Waals surface area contributed by atoms with Gasteiger partial charge in [0.2, 0.25) is 5.91 Å². The molecule has 3 unspecified atom stereocenters. The number of aliphatic hydroxyl groups is 2. The zero-order valence-corrected chi connectivity index (χ0v) is 42.4. The van der Waals surface area contributed by atoms with Crippen molar-refractivity contribution in [3.05, 3.63) is 60.8 Å². The van der Waals surface area contributed by atoms with Gasteiger partial charge in [-0.25, -0.2) is 0 Å². The van der Waals surface area contributed by atoms with Crippen molar-refractivity contribution in [2.75, 3.05) is 6.61 Å². The lowest BCUT2D eigenvalue weighted by Crippen LogP contribution is -2.46. The van der Waals surface area contributed by atoms with E-state index < -0.39 is 18.2 Å². The van der Waals surface area contributed by atoms with E-state index in [1.165, 1.54) is 128 Å². The van der Waals surface area contributed by atoms with Gasteiger partial charge < -0.3 is 20.3 Å². The first kappa shape index (κ1) is 61.6. The molecule has 0 aromatic rings. The molecule has 0 aliphatic heterocycles. The summed E-state index contributed by atoms with van der Waals surface area (Å²) in [5.41, 5.74) is 0. The average Bonchev–Trinajstić information content (AvgIpc) is 3.29. The van der Waals surface area contributed by atoms with E-state index in [0.717, 1.165) is 96.3 Å². The summed E-state index contributed by atoms with van der Waals surface area (Å²) in [6.07, 6.45) is 64.2. The Hall–Kier alpha value is -2.44. The van der Waals surface area contributed by atoms with Crippen LogP contribution in [0.3, 0.4) is 0 Å². The Labute approximate surface area is 397 Å². The summed E-state index contributed by atoms with van der Waals surface area (Å²) in [6.45, 7) is 6.44. The molecular weight excluding hydrogens is 791 g/mol. The lowest BCUT2D eigenvalue weighted by Gasteiger charge is -2.24. The number of aliphatic hydroxyl groups excluding tert-OH is 2.